The molecule has 2 aromatic carbocycles. The van der Waals surface area contributed by atoms with Gasteiger partial charge in [0.25, 0.3) is 0 Å². The van der Waals surface area contributed by atoms with E-state index in [0.29, 0.717) is 12.0 Å². The Morgan fingerprint density at radius 1 is 1.09 bits per heavy atom. The molecule has 2 aliphatic carbocycles. The highest BCUT2D eigenvalue weighted by atomic mass is 16.6. The summed E-state index contributed by atoms with van der Waals surface area (Å²) in [5, 5.41) is 3.96. The number of anilines is 3. The molecule has 6 rings (SSSR count). The zero-order valence-corrected chi connectivity index (χ0v) is 20.3. The van der Waals surface area contributed by atoms with Gasteiger partial charge < -0.3 is 24.7 Å². The molecular formula is C28H34N4O3. The minimum absolute atomic E-state index is 0.0328. The molecule has 0 spiro atoms. The average Bonchev–Trinajstić information content (AvgIpc) is 3.65. The van der Waals surface area contributed by atoms with E-state index in [0.717, 1.165) is 67.2 Å². The number of amides is 1. The first-order chi connectivity index (χ1) is 17.1. The molecule has 1 aromatic heterocycles. The van der Waals surface area contributed by atoms with E-state index in [1.807, 2.05) is 31.2 Å². The third-order valence-corrected chi connectivity index (χ3v) is 7.83. The van der Waals surface area contributed by atoms with Crippen molar-refractivity contribution in [2.45, 2.75) is 51.2 Å². The molecular weight excluding hydrogens is 440 g/mol. The highest BCUT2D eigenvalue weighted by Crippen LogP contribution is 2.45. The van der Waals surface area contributed by atoms with Crippen LogP contribution in [0.2, 0.25) is 0 Å². The number of benzene rings is 2. The molecule has 184 valence electrons. The lowest BCUT2D eigenvalue weighted by Crippen LogP contribution is -2.36. The number of carbonyl (C=O) groups excluding carboxylic acids is 1. The van der Waals surface area contributed by atoms with E-state index in [1.165, 1.54) is 30.5 Å². The fourth-order valence-electron chi connectivity index (χ4n) is 5.35. The number of hydrogen-bond donors (Lipinski definition) is 2. The molecule has 0 bridgehead atoms. The molecule has 7 heteroatoms. The Morgan fingerprint density at radius 3 is 2.49 bits per heavy atom. The Morgan fingerprint density at radius 2 is 1.83 bits per heavy atom. The minimum atomic E-state index is -0.393. The number of morpholine rings is 1. The predicted molar refractivity (Wildman–Crippen MR) is 140 cm³/mol. The van der Waals surface area contributed by atoms with E-state index in [1.54, 1.807) is 0 Å². The predicted octanol–water partition coefficient (Wildman–Crippen LogP) is 5.80. The topological polar surface area (TPSA) is 81.8 Å². The van der Waals surface area contributed by atoms with Crippen molar-refractivity contribution in [3.63, 3.8) is 0 Å². The summed E-state index contributed by atoms with van der Waals surface area (Å²) in [5.74, 6) is 0.517. The lowest BCUT2D eigenvalue weighted by molar-refractivity contribution is 0.108. The molecule has 3 aromatic rings. The van der Waals surface area contributed by atoms with Crippen molar-refractivity contribution >= 4 is 34.1 Å². The largest absolute Gasteiger partial charge is 0.446 e. The first-order valence-corrected chi connectivity index (χ1v) is 12.9. The summed E-state index contributed by atoms with van der Waals surface area (Å²) in [7, 11) is 0. The number of carbonyl (C=O) groups is 1. The Hall–Kier alpha value is -3.19. The van der Waals surface area contributed by atoms with Crippen LogP contribution in [0.25, 0.3) is 22.2 Å². The summed E-state index contributed by atoms with van der Waals surface area (Å²) in [6.07, 6.45) is 5.45. The van der Waals surface area contributed by atoms with Crippen LogP contribution in [0.3, 0.4) is 0 Å². The number of aromatic nitrogens is 1. The number of nitrogens with one attached hydrogen (secondary N) is 1. The van der Waals surface area contributed by atoms with E-state index in [4.69, 9.17) is 15.2 Å². The quantitative estimate of drug-likeness (QED) is 0.472. The van der Waals surface area contributed by atoms with Gasteiger partial charge in [0.1, 0.15) is 6.10 Å². The Labute approximate surface area is 206 Å². The van der Waals surface area contributed by atoms with Crippen molar-refractivity contribution in [2.75, 3.05) is 42.3 Å². The third kappa shape index (κ3) is 4.33. The fourth-order valence-corrected chi connectivity index (χ4v) is 5.35. The van der Waals surface area contributed by atoms with Gasteiger partial charge in [-0.25, -0.2) is 4.79 Å². The van der Waals surface area contributed by atoms with Gasteiger partial charge in [-0.2, -0.15) is 0 Å². The molecule has 3 N–H and O–H groups in total. The monoisotopic (exact) mass is 474 g/mol. The zero-order valence-electron chi connectivity index (χ0n) is 20.3. The van der Waals surface area contributed by atoms with E-state index in [2.05, 4.69) is 33.0 Å². The molecule has 0 unspecified atom stereocenters. The van der Waals surface area contributed by atoms with E-state index in [-0.39, 0.29) is 6.10 Å². The van der Waals surface area contributed by atoms with Crippen LogP contribution in [0.4, 0.5) is 21.9 Å². The first-order valence-electron chi connectivity index (χ1n) is 12.9. The highest BCUT2D eigenvalue weighted by Gasteiger charge is 2.31. The van der Waals surface area contributed by atoms with Crippen molar-refractivity contribution < 1.29 is 14.3 Å². The van der Waals surface area contributed by atoms with E-state index >= 15 is 0 Å². The van der Waals surface area contributed by atoms with Gasteiger partial charge in [-0.3, -0.25) is 5.32 Å². The Balaban J connectivity index is 1.30. The summed E-state index contributed by atoms with van der Waals surface area (Å²) in [5.41, 5.74) is 12.9. The molecule has 35 heavy (non-hydrogen) atoms. The van der Waals surface area contributed by atoms with E-state index in [9.17, 15) is 4.79 Å². The maximum atomic E-state index is 12.3. The van der Waals surface area contributed by atoms with Crippen molar-refractivity contribution in [3.8, 4) is 11.3 Å². The normalized spacial score (nSPS) is 19.4. The van der Waals surface area contributed by atoms with Gasteiger partial charge in [-0.05, 0) is 75.3 Å². The molecule has 1 saturated heterocycles. The van der Waals surface area contributed by atoms with Gasteiger partial charge in [0.05, 0.1) is 30.1 Å². The molecule has 0 radical (unpaired) electrons. The second-order valence-corrected chi connectivity index (χ2v) is 10.2. The summed E-state index contributed by atoms with van der Waals surface area (Å²) in [6, 6.07) is 15.1. The van der Waals surface area contributed by atoms with Gasteiger partial charge in [0.15, 0.2) is 0 Å². The summed E-state index contributed by atoms with van der Waals surface area (Å²) in [6.45, 7) is 5.32. The number of hydrogen-bond acceptors (Lipinski definition) is 5. The van der Waals surface area contributed by atoms with Crippen LogP contribution in [0.15, 0.2) is 42.5 Å². The van der Waals surface area contributed by atoms with Crippen molar-refractivity contribution in [2.24, 2.45) is 5.92 Å². The summed E-state index contributed by atoms with van der Waals surface area (Å²) >= 11 is 0. The molecule has 3 aliphatic rings. The number of nitrogens with zero attached hydrogens (tertiary/aromatic N) is 2. The van der Waals surface area contributed by atoms with E-state index < -0.39 is 6.09 Å². The lowest BCUT2D eigenvalue weighted by atomic mass is 9.92. The second kappa shape index (κ2) is 9.11. The smallest absolute Gasteiger partial charge is 0.411 e. The molecule has 1 aliphatic heterocycles. The molecule has 7 nitrogen and oxygen atoms in total. The Kier molecular flexibility index (Phi) is 5.80. The highest BCUT2D eigenvalue weighted by molar-refractivity contribution is 6.02. The van der Waals surface area contributed by atoms with Crippen LogP contribution < -0.4 is 16.0 Å². The third-order valence-electron chi connectivity index (χ3n) is 7.83. The average molecular weight is 475 g/mol. The second-order valence-electron chi connectivity index (χ2n) is 10.2. The molecule has 2 saturated carbocycles. The Bertz CT molecular complexity index is 1220. The SMILES string of the molecule is C[C@@H](OC(=O)Nc1ccc(-c2c(N)c3ccc(N4CCOCC4)cc3n2C2CCC2)cc1)C1CC1. The number of ether oxygens (including phenoxy) is 2. The number of nitrogens with two attached hydrogens (primary N) is 1. The standard InChI is InChI=1S/C28H34N4O3/c1-18(19-5-6-19)35-28(33)30-21-9-7-20(8-10-21)27-26(29)24-12-11-23(31-13-15-34-16-14-31)17-25(24)32(27)22-3-2-4-22/h7-12,17-19,22H,2-6,13-16,29H2,1H3,(H,30,33)/t18-/m1/s1. The van der Waals surface area contributed by atoms with Crippen LogP contribution in [0.5, 0.6) is 0 Å². The minimum Gasteiger partial charge on any atom is -0.446 e. The molecule has 3 fully saturated rings. The maximum absolute atomic E-state index is 12.3. The zero-order chi connectivity index (χ0) is 23.9. The number of nitrogen functional groups attached to an aromatic ring is 1. The summed E-state index contributed by atoms with van der Waals surface area (Å²) < 4.78 is 13.5. The van der Waals surface area contributed by atoms with Crippen molar-refractivity contribution in [1.29, 1.82) is 0 Å². The van der Waals surface area contributed by atoms with Gasteiger partial charge in [-0.1, -0.05) is 12.1 Å². The van der Waals surface area contributed by atoms with Crippen molar-refractivity contribution in [1.82, 2.24) is 4.57 Å². The maximum Gasteiger partial charge on any atom is 0.411 e. The first kappa shape index (κ1) is 22.3. The van der Waals surface area contributed by atoms with Crippen LogP contribution in [0.1, 0.15) is 45.1 Å². The molecule has 2 heterocycles. The van der Waals surface area contributed by atoms with Gasteiger partial charge in [-0.15, -0.1) is 0 Å². The van der Waals surface area contributed by atoms with Crippen LogP contribution in [-0.2, 0) is 9.47 Å². The van der Waals surface area contributed by atoms with Crippen LogP contribution >= 0.6 is 0 Å². The number of rotatable bonds is 6. The fraction of sp³-hybridized carbons (Fsp3) is 0.464. The number of fused-ring (bicyclic) bond motifs is 1. The van der Waals surface area contributed by atoms with Crippen molar-refractivity contribution in [3.05, 3.63) is 42.5 Å². The molecule has 1 atom stereocenters. The molecule has 1 amide bonds. The lowest BCUT2D eigenvalue weighted by Gasteiger charge is -2.31. The van der Waals surface area contributed by atoms with Crippen LogP contribution in [-0.4, -0.2) is 43.1 Å². The van der Waals surface area contributed by atoms with Gasteiger partial charge in [0.2, 0.25) is 0 Å². The van der Waals surface area contributed by atoms with Crippen LogP contribution in [0, 0.1) is 5.92 Å². The van der Waals surface area contributed by atoms with Gasteiger partial charge >= 0.3 is 6.09 Å². The van der Waals surface area contributed by atoms with Gasteiger partial charge in [0, 0.05) is 41.5 Å². The summed E-state index contributed by atoms with van der Waals surface area (Å²) in [4.78, 5) is 14.7.